The number of aliphatic hydroxyl groups excluding tert-OH is 1. The fourth-order valence-corrected chi connectivity index (χ4v) is 3.65. The number of Topliss-reactive ketones (excluding diaryl/α,β-unsaturated/α-hetero) is 1. The van der Waals surface area contributed by atoms with Crippen molar-refractivity contribution in [3.8, 4) is 11.5 Å². The molecule has 0 aliphatic carbocycles. The summed E-state index contributed by atoms with van der Waals surface area (Å²) >= 11 is 0. The van der Waals surface area contributed by atoms with E-state index < -0.39 is 29.3 Å². The van der Waals surface area contributed by atoms with Gasteiger partial charge in [0, 0.05) is 31.4 Å². The quantitative estimate of drug-likeness (QED) is 0.300. The lowest BCUT2D eigenvalue weighted by Crippen LogP contribution is -2.31. The Morgan fingerprint density at radius 3 is 2.42 bits per heavy atom. The summed E-state index contributed by atoms with van der Waals surface area (Å²) in [7, 11) is 4.44. The molecule has 2 aromatic carbocycles. The third-order valence-corrected chi connectivity index (χ3v) is 5.14. The predicted molar refractivity (Wildman–Crippen MR) is 111 cm³/mol. The Balaban J connectivity index is 2.16. The topological polar surface area (TPSA) is 85.3 Å². The summed E-state index contributed by atoms with van der Waals surface area (Å²) in [6.45, 7) is 0.531. The van der Waals surface area contributed by atoms with Crippen molar-refractivity contribution in [2.75, 3.05) is 34.5 Å². The van der Waals surface area contributed by atoms with Gasteiger partial charge in [0.05, 0.1) is 25.8 Å². The summed E-state index contributed by atoms with van der Waals surface area (Å²) in [6.07, 6.45) is 0.449. The van der Waals surface area contributed by atoms with Crippen LogP contribution >= 0.6 is 0 Å². The fraction of sp³-hybridized carbons (Fsp3) is 0.304. The van der Waals surface area contributed by atoms with Gasteiger partial charge in [-0.05, 0) is 30.7 Å². The first-order chi connectivity index (χ1) is 14.9. The van der Waals surface area contributed by atoms with Crippen LogP contribution in [0.4, 0.5) is 4.39 Å². The molecule has 3 rings (SSSR count). The number of methoxy groups -OCH3 is 3. The largest absolute Gasteiger partial charge is 0.507 e. The van der Waals surface area contributed by atoms with E-state index in [1.807, 2.05) is 0 Å². The molecule has 2 aromatic rings. The lowest BCUT2D eigenvalue weighted by Gasteiger charge is -2.25. The highest BCUT2D eigenvalue weighted by atomic mass is 19.1. The van der Waals surface area contributed by atoms with Gasteiger partial charge in [-0.2, -0.15) is 0 Å². The van der Waals surface area contributed by atoms with Crippen molar-refractivity contribution < 1.29 is 33.3 Å². The molecule has 8 heteroatoms. The number of halogens is 1. The van der Waals surface area contributed by atoms with Crippen molar-refractivity contribution in [2.24, 2.45) is 0 Å². The van der Waals surface area contributed by atoms with E-state index in [0.29, 0.717) is 24.5 Å². The molecule has 0 bridgehead atoms. The number of hydrogen-bond donors (Lipinski definition) is 1. The van der Waals surface area contributed by atoms with Gasteiger partial charge in [-0.3, -0.25) is 9.59 Å². The second-order valence-corrected chi connectivity index (χ2v) is 6.93. The molecule has 7 nitrogen and oxygen atoms in total. The summed E-state index contributed by atoms with van der Waals surface area (Å²) in [5, 5.41) is 11.0. The molecular weight excluding hydrogens is 405 g/mol. The molecular formula is C23H24FNO6. The van der Waals surface area contributed by atoms with Crippen LogP contribution in [0.25, 0.3) is 5.76 Å². The highest BCUT2D eigenvalue weighted by molar-refractivity contribution is 6.46. The summed E-state index contributed by atoms with van der Waals surface area (Å²) in [6, 6.07) is 9.41. The summed E-state index contributed by atoms with van der Waals surface area (Å²) in [4.78, 5) is 27.0. The van der Waals surface area contributed by atoms with Crippen LogP contribution in [-0.2, 0) is 14.3 Å². The van der Waals surface area contributed by atoms with Crippen molar-refractivity contribution in [3.63, 3.8) is 0 Å². The number of carbonyl (C=O) groups excluding carboxylic acids is 2. The molecule has 31 heavy (non-hydrogen) atoms. The van der Waals surface area contributed by atoms with Gasteiger partial charge in [0.2, 0.25) is 0 Å². The first-order valence-corrected chi connectivity index (χ1v) is 9.68. The van der Waals surface area contributed by atoms with E-state index in [2.05, 4.69) is 0 Å². The number of carbonyl (C=O) groups is 2. The van der Waals surface area contributed by atoms with Crippen LogP contribution in [0.3, 0.4) is 0 Å². The molecule has 1 amide bonds. The fourth-order valence-electron chi connectivity index (χ4n) is 3.65. The molecule has 1 heterocycles. The maximum atomic E-state index is 14.7. The second kappa shape index (κ2) is 9.61. The van der Waals surface area contributed by atoms with E-state index in [1.165, 1.54) is 56.6 Å². The van der Waals surface area contributed by atoms with Gasteiger partial charge in [-0.1, -0.05) is 18.2 Å². The number of ketones is 1. The lowest BCUT2D eigenvalue weighted by molar-refractivity contribution is -0.140. The van der Waals surface area contributed by atoms with Crippen LogP contribution in [0.1, 0.15) is 23.6 Å². The van der Waals surface area contributed by atoms with Gasteiger partial charge < -0.3 is 24.2 Å². The molecule has 0 radical (unpaired) electrons. The Bertz CT molecular complexity index is 1020. The molecule has 1 fully saturated rings. The third kappa shape index (κ3) is 4.25. The standard InChI is InChI=1S/C23H24FNO6/c1-29-12-6-11-25-20(15-7-4-5-8-16(15)24)19(22(27)23(25)28)21(26)14-9-10-17(30-2)18(13-14)31-3/h4-5,7-10,13,20,26H,6,11-12H2,1-3H3/b21-19+. The van der Waals surface area contributed by atoms with Gasteiger partial charge >= 0.3 is 0 Å². The van der Waals surface area contributed by atoms with Crippen LogP contribution in [0.15, 0.2) is 48.0 Å². The van der Waals surface area contributed by atoms with E-state index in [9.17, 15) is 19.1 Å². The summed E-state index contributed by atoms with van der Waals surface area (Å²) in [5.74, 6) is -1.90. The van der Waals surface area contributed by atoms with Crippen molar-refractivity contribution in [1.82, 2.24) is 4.90 Å². The second-order valence-electron chi connectivity index (χ2n) is 6.93. The molecule has 1 unspecified atom stereocenters. The van der Waals surface area contributed by atoms with Crippen LogP contribution in [0, 0.1) is 5.82 Å². The number of hydrogen-bond acceptors (Lipinski definition) is 6. The third-order valence-electron chi connectivity index (χ3n) is 5.14. The number of nitrogens with zero attached hydrogens (tertiary/aromatic N) is 1. The molecule has 164 valence electrons. The van der Waals surface area contributed by atoms with E-state index >= 15 is 0 Å². The highest BCUT2D eigenvalue weighted by Gasteiger charge is 2.46. The molecule has 1 N–H and O–H groups in total. The van der Waals surface area contributed by atoms with Crippen LogP contribution < -0.4 is 9.47 Å². The molecule has 1 atom stereocenters. The molecule has 1 saturated heterocycles. The predicted octanol–water partition coefficient (Wildman–Crippen LogP) is 3.30. The molecule has 0 aromatic heterocycles. The molecule has 1 aliphatic heterocycles. The van der Waals surface area contributed by atoms with Gasteiger partial charge in [0.15, 0.2) is 11.5 Å². The lowest BCUT2D eigenvalue weighted by atomic mass is 9.94. The van der Waals surface area contributed by atoms with Gasteiger partial charge in [-0.15, -0.1) is 0 Å². The van der Waals surface area contributed by atoms with Gasteiger partial charge in [0.1, 0.15) is 11.6 Å². The Morgan fingerprint density at radius 2 is 1.77 bits per heavy atom. The average Bonchev–Trinajstić information content (AvgIpc) is 3.03. The van der Waals surface area contributed by atoms with Crippen molar-refractivity contribution >= 4 is 17.4 Å². The normalized spacial score (nSPS) is 17.8. The Morgan fingerprint density at radius 1 is 1.06 bits per heavy atom. The van der Waals surface area contributed by atoms with Crippen LogP contribution in [-0.4, -0.2) is 56.2 Å². The van der Waals surface area contributed by atoms with Crippen molar-refractivity contribution in [1.29, 1.82) is 0 Å². The number of ether oxygens (including phenoxy) is 3. The smallest absolute Gasteiger partial charge is 0.295 e. The highest BCUT2D eigenvalue weighted by Crippen LogP contribution is 2.41. The van der Waals surface area contributed by atoms with Gasteiger partial charge in [-0.25, -0.2) is 4.39 Å². The van der Waals surface area contributed by atoms with Crippen molar-refractivity contribution in [2.45, 2.75) is 12.5 Å². The Hall–Kier alpha value is -3.39. The minimum atomic E-state index is -1.06. The van der Waals surface area contributed by atoms with E-state index in [1.54, 1.807) is 12.1 Å². The summed E-state index contributed by atoms with van der Waals surface area (Å²) in [5.41, 5.74) is 0.190. The average molecular weight is 429 g/mol. The van der Waals surface area contributed by atoms with E-state index in [0.717, 1.165) is 0 Å². The van der Waals surface area contributed by atoms with Gasteiger partial charge in [0.25, 0.3) is 11.7 Å². The molecule has 1 aliphatic rings. The first kappa shape index (κ1) is 22.3. The zero-order valence-corrected chi connectivity index (χ0v) is 17.6. The maximum absolute atomic E-state index is 14.7. The minimum Gasteiger partial charge on any atom is -0.507 e. The molecule has 0 saturated carbocycles. The minimum absolute atomic E-state index is 0.126. The monoisotopic (exact) mass is 429 g/mol. The maximum Gasteiger partial charge on any atom is 0.295 e. The van der Waals surface area contributed by atoms with Crippen LogP contribution in [0.5, 0.6) is 11.5 Å². The molecule has 0 spiro atoms. The zero-order chi connectivity index (χ0) is 22.5. The van der Waals surface area contributed by atoms with Crippen molar-refractivity contribution in [3.05, 3.63) is 65.0 Å². The Labute approximate surface area is 179 Å². The number of likely N-dealkylation sites (tertiary alicyclic amines) is 1. The van der Waals surface area contributed by atoms with Crippen LogP contribution in [0.2, 0.25) is 0 Å². The number of benzene rings is 2. The van der Waals surface area contributed by atoms with E-state index in [4.69, 9.17) is 14.2 Å². The number of aliphatic hydroxyl groups is 1. The number of rotatable bonds is 8. The Kier molecular flexibility index (Phi) is 6.91. The summed E-state index contributed by atoms with van der Waals surface area (Å²) < 4.78 is 30.2. The number of amides is 1. The zero-order valence-electron chi connectivity index (χ0n) is 17.6. The first-order valence-electron chi connectivity index (χ1n) is 9.68. The SMILES string of the molecule is COCCCN1C(=O)C(=O)/C(=C(/O)c2ccc(OC)c(OC)c2)C1c1ccccc1F. The van der Waals surface area contributed by atoms with E-state index in [-0.39, 0.29) is 23.2 Å².